The molecule has 4 heteroatoms. The van der Waals surface area contributed by atoms with Crippen molar-refractivity contribution in [3.63, 3.8) is 0 Å². The maximum absolute atomic E-state index is 5.34. The van der Waals surface area contributed by atoms with Crippen LogP contribution in [-0.2, 0) is 0 Å². The van der Waals surface area contributed by atoms with E-state index < -0.39 is 0 Å². The maximum atomic E-state index is 5.34. The Kier molecular flexibility index (Phi) is 3.80. The lowest BCUT2D eigenvalue weighted by atomic mass is 10.1. The molecule has 0 saturated carbocycles. The molecule has 0 fully saturated rings. The largest absolute Gasteiger partial charge is 0.497 e. The number of nitrogens with zero attached hydrogens (tertiary/aromatic N) is 3. The van der Waals surface area contributed by atoms with E-state index in [-0.39, 0.29) is 0 Å². The van der Waals surface area contributed by atoms with Gasteiger partial charge in [-0.3, -0.25) is 5.01 Å². The number of anilines is 1. The van der Waals surface area contributed by atoms with Crippen molar-refractivity contribution in [2.45, 2.75) is 13.8 Å². The Bertz CT molecular complexity index is 894. The van der Waals surface area contributed by atoms with Crippen molar-refractivity contribution in [2.24, 2.45) is 4.99 Å². The number of benzene rings is 2. The number of rotatable bonds is 3. The molecule has 0 amide bonds. The topological polar surface area (TPSA) is 28.1 Å². The molecule has 0 bridgehead atoms. The van der Waals surface area contributed by atoms with Crippen molar-refractivity contribution in [2.75, 3.05) is 18.7 Å². The number of ether oxygens (including phenoxy) is 1. The van der Waals surface area contributed by atoms with Gasteiger partial charge in [0, 0.05) is 11.8 Å². The minimum atomic E-state index is 0.795. The van der Waals surface area contributed by atoms with Crippen LogP contribution in [0, 0.1) is 13.8 Å². The van der Waals surface area contributed by atoms with Gasteiger partial charge in [-0.05, 0) is 49.8 Å². The second kappa shape index (κ2) is 6.13. The van der Waals surface area contributed by atoms with Gasteiger partial charge < -0.3 is 4.74 Å². The van der Waals surface area contributed by atoms with Crippen LogP contribution in [0.3, 0.4) is 0 Å². The molecule has 4 rings (SSSR count). The number of hydrogen-bond acceptors (Lipinski definition) is 4. The fourth-order valence-electron chi connectivity index (χ4n) is 3.27. The molecule has 0 aromatic heterocycles. The molecule has 25 heavy (non-hydrogen) atoms. The highest BCUT2D eigenvalue weighted by molar-refractivity contribution is 5.88. The lowest BCUT2D eigenvalue weighted by molar-refractivity contribution is 0.414. The smallest absolute Gasteiger partial charge is 0.149 e. The van der Waals surface area contributed by atoms with Gasteiger partial charge in [-0.1, -0.05) is 29.8 Å². The van der Waals surface area contributed by atoms with Crippen LogP contribution in [0.1, 0.15) is 16.7 Å². The molecule has 0 aliphatic carbocycles. The zero-order chi connectivity index (χ0) is 17.4. The summed E-state index contributed by atoms with van der Waals surface area (Å²) in [7, 11) is 1.70. The van der Waals surface area contributed by atoms with Gasteiger partial charge in [-0.2, -0.15) is 0 Å². The molecular formula is C21H21N3O. The second-order valence-electron chi connectivity index (χ2n) is 6.30. The summed E-state index contributed by atoms with van der Waals surface area (Å²) < 4.78 is 5.34. The molecule has 0 radical (unpaired) electrons. The first-order valence-corrected chi connectivity index (χ1v) is 8.41. The zero-order valence-corrected chi connectivity index (χ0v) is 14.7. The first-order valence-electron chi connectivity index (χ1n) is 8.41. The third-order valence-electron chi connectivity index (χ3n) is 4.60. The molecule has 126 valence electrons. The summed E-state index contributed by atoms with van der Waals surface area (Å²) in [6.07, 6.45) is 6.10. The molecule has 0 N–H and O–H groups in total. The van der Waals surface area contributed by atoms with Gasteiger partial charge in [0.25, 0.3) is 0 Å². The highest BCUT2D eigenvalue weighted by atomic mass is 16.5. The SMILES string of the molecule is COc1ccc(N2CC=C3N=CC=C(c4ccc(C)cc4)N32)c(C)c1. The van der Waals surface area contributed by atoms with Crippen molar-refractivity contribution in [3.05, 3.63) is 77.1 Å². The van der Waals surface area contributed by atoms with Gasteiger partial charge in [-0.15, -0.1) is 0 Å². The number of fused-ring (bicyclic) bond motifs is 1. The van der Waals surface area contributed by atoms with Gasteiger partial charge in [0.2, 0.25) is 0 Å². The van der Waals surface area contributed by atoms with E-state index in [9.17, 15) is 0 Å². The maximum Gasteiger partial charge on any atom is 0.149 e. The van der Waals surface area contributed by atoms with Crippen molar-refractivity contribution >= 4 is 17.6 Å². The lowest BCUT2D eigenvalue weighted by Crippen LogP contribution is -2.37. The fraction of sp³-hybridized carbons (Fsp3) is 0.190. The van der Waals surface area contributed by atoms with Gasteiger partial charge in [-0.25, -0.2) is 10.0 Å². The fourth-order valence-corrected chi connectivity index (χ4v) is 3.27. The van der Waals surface area contributed by atoms with E-state index in [0.717, 1.165) is 29.5 Å². The average molecular weight is 331 g/mol. The third-order valence-corrected chi connectivity index (χ3v) is 4.60. The quantitative estimate of drug-likeness (QED) is 0.838. The standard InChI is InChI=1S/C21H21N3O/c1-15-4-6-17(7-5-15)20-10-12-22-21-11-13-23(24(20)21)19-9-8-18(25-3)14-16(19)2/h4-12,14H,13H2,1-3H3. The highest BCUT2D eigenvalue weighted by Gasteiger charge is 2.30. The van der Waals surface area contributed by atoms with Crippen LogP contribution in [0.25, 0.3) is 5.70 Å². The highest BCUT2D eigenvalue weighted by Crippen LogP contribution is 2.37. The molecule has 2 heterocycles. The Morgan fingerprint density at radius 1 is 1.04 bits per heavy atom. The predicted octanol–water partition coefficient (Wildman–Crippen LogP) is 4.32. The summed E-state index contributed by atoms with van der Waals surface area (Å²) in [4.78, 5) is 4.54. The average Bonchev–Trinajstić information content (AvgIpc) is 3.06. The molecular weight excluding hydrogens is 310 g/mol. The Morgan fingerprint density at radius 3 is 2.56 bits per heavy atom. The van der Waals surface area contributed by atoms with Crippen molar-refractivity contribution in [3.8, 4) is 5.75 Å². The summed E-state index contributed by atoms with van der Waals surface area (Å²) in [5.74, 6) is 1.84. The molecule has 2 aromatic carbocycles. The number of allylic oxidation sites excluding steroid dienone is 1. The van der Waals surface area contributed by atoms with Crippen LogP contribution in [0.4, 0.5) is 5.69 Å². The predicted molar refractivity (Wildman–Crippen MR) is 103 cm³/mol. The van der Waals surface area contributed by atoms with E-state index in [4.69, 9.17) is 4.74 Å². The molecule has 0 saturated heterocycles. The van der Waals surface area contributed by atoms with Crippen molar-refractivity contribution in [1.82, 2.24) is 5.01 Å². The van der Waals surface area contributed by atoms with Crippen molar-refractivity contribution < 1.29 is 4.74 Å². The Morgan fingerprint density at radius 2 is 1.84 bits per heavy atom. The van der Waals surface area contributed by atoms with Crippen LogP contribution >= 0.6 is 0 Å². The normalized spacial score (nSPS) is 15.8. The van der Waals surface area contributed by atoms with Gasteiger partial charge in [0.1, 0.15) is 11.6 Å². The van der Waals surface area contributed by atoms with Gasteiger partial charge in [0.15, 0.2) is 0 Å². The molecule has 2 aliphatic heterocycles. The minimum Gasteiger partial charge on any atom is -0.497 e. The number of hydrogen-bond donors (Lipinski definition) is 0. The van der Waals surface area contributed by atoms with Crippen LogP contribution in [0.2, 0.25) is 0 Å². The van der Waals surface area contributed by atoms with E-state index >= 15 is 0 Å². The van der Waals surface area contributed by atoms with Gasteiger partial charge >= 0.3 is 0 Å². The van der Waals surface area contributed by atoms with Crippen LogP contribution in [-0.4, -0.2) is 24.9 Å². The Hall–Kier alpha value is -3.01. The summed E-state index contributed by atoms with van der Waals surface area (Å²) in [5.41, 5.74) is 5.90. The van der Waals surface area contributed by atoms with Crippen LogP contribution < -0.4 is 9.75 Å². The molecule has 4 nitrogen and oxygen atoms in total. The number of aryl methyl sites for hydroxylation is 2. The summed E-state index contributed by atoms with van der Waals surface area (Å²) in [6, 6.07) is 14.8. The van der Waals surface area contributed by atoms with Gasteiger partial charge in [0.05, 0.1) is 25.0 Å². The molecule has 0 unspecified atom stereocenters. The first-order chi connectivity index (χ1) is 12.2. The summed E-state index contributed by atoms with van der Waals surface area (Å²) >= 11 is 0. The van der Waals surface area contributed by atoms with E-state index in [1.807, 2.05) is 12.3 Å². The molecule has 0 spiro atoms. The van der Waals surface area contributed by atoms with E-state index in [0.29, 0.717) is 0 Å². The van der Waals surface area contributed by atoms with Crippen LogP contribution in [0.15, 0.2) is 65.4 Å². The number of aliphatic imine (C=N–C) groups is 1. The van der Waals surface area contributed by atoms with Crippen LogP contribution in [0.5, 0.6) is 5.75 Å². The van der Waals surface area contributed by atoms with E-state index in [1.54, 1.807) is 7.11 Å². The van der Waals surface area contributed by atoms with Crippen molar-refractivity contribution in [1.29, 1.82) is 0 Å². The molecule has 2 aliphatic rings. The third kappa shape index (κ3) is 2.70. The monoisotopic (exact) mass is 331 g/mol. The second-order valence-corrected chi connectivity index (χ2v) is 6.30. The van der Waals surface area contributed by atoms with E-state index in [2.05, 4.69) is 77.4 Å². The minimum absolute atomic E-state index is 0.795. The molecule has 2 aromatic rings. The Labute approximate surface area is 148 Å². The number of methoxy groups -OCH3 is 1. The summed E-state index contributed by atoms with van der Waals surface area (Å²) in [5, 5.41) is 4.45. The zero-order valence-electron chi connectivity index (χ0n) is 14.7. The summed E-state index contributed by atoms with van der Waals surface area (Å²) in [6.45, 7) is 5.01. The lowest BCUT2D eigenvalue weighted by Gasteiger charge is -2.36. The van der Waals surface area contributed by atoms with E-state index in [1.165, 1.54) is 16.7 Å². The Balaban J connectivity index is 1.74. The number of hydrazine groups is 1. The first kappa shape index (κ1) is 15.5. The molecule has 0 atom stereocenters.